The number of hydrogen-bond donors (Lipinski definition) is 1. The van der Waals surface area contributed by atoms with Crippen molar-refractivity contribution in [3.05, 3.63) is 0 Å². The van der Waals surface area contributed by atoms with E-state index in [-0.39, 0.29) is 0 Å². The Morgan fingerprint density at radius 1 is 1.00 bits per heavy atom. The summed E-state index contributed by atoms with van der Waals surface area (Å²) in [5, 5.41) is 9.78. The van der Waals surface area contributed by atoms with Crippen molar-refractivity contribution < 1.29 is 5.11 Å². The van der Waals surface area contributed by atoms with Gasteiger partial charge in [-0.2, -0.15) is 0 Å². The van der Waals surface area contributed by atoms with Crippen LogP contribution in [0.25, 0.3) is 0 Å². The zero-order chi connectivity index (χ0) is 9.83. The molecule has 0 saturated heterocycles. The summed E-state index contributed by atoms with van der Waals surface area (Å²) in [5.41, 5.74) is -0.450. The Morgan fingerprint density at radius 3 is 1.42 bits per heavy atom. The second-order valence-corrected chi connectivity index (χ2v) is 10.0. The quantitative estimate of drug-likeness (QED) is 0.657. The van der Waals surface area contributed by atoms with E-state index in [1.54, 1.807) is 0 Å². The summed E-state index contributed by atoms with van der Waals surface area (Å²) < 4.78 is 0. The minimum Gasteiger partial charge on any atom is -0.391 e. The highest BCUT2D eigenvalue weighted by atomic mass is 28.3. The molecule has 1 nitrogen and oxygen atoms in total. The standard InChI is InChI=1S/C10H24OSi/c1-6-12(7-2,8-3)9-10(4,5)11/h11H,6-9H2,1-5H3. The molecule has 0 fully saturated rings. The van der Waals surface area contributed by atoms with E-state index in [4.69, 9.17) is 0 Å². The maximum Gasteiger partial charge on any atom is 0.0568 e. The summed E-state index contributed by atoms with van der Waals surface area (Å²) >= 11 is 0. The SMILES string of the molecule is CC[Si](CC)(CC)CC(C)(C)O. The molecule has 0 bridgehead atoms. The highest BCUT2D eigenvalue weighted by molar-refractivity contribution is 6.79. The molecular weight excluding hydrogens is 164 g/mol. The molecule has 0 aromatic carbocycles. The van der Waals surface area contributed by atoms with Gasteiger partial charge >= 0.3 is 0 Å². The fraction of sp³-hybridized carbons (Fsp3) is 1.00. The molecule has 74 valence electrons. The highest BCUT2D eigenvalue weighted by Crippen LogP contribution is 2.30. The van der Waals surface area contributed by atoms with Crippen molar-refractivity contribution in [1.82, 2.24) is 0 Å². The molecule has 0 rings (SSSR count). The van der Waals surface area contributed by atoms with Crippen molar-refractivity contribution >= 4 is 8.07 Å². The summed E-state index contributed by atoms with van der Waals surface area (Å²) in [6.07, 6.45) is 0. The monoisotopic (exact) mass is 188 g/mol. The minimum absolute atomic E-state index is 0.450. The molecular formula is C10H24OSi. The van der Waals surface area contributed by atoms with Crippen molar-refractivity contribution in [2.24, 2.45) is 0 Å². The lowest BCUT2D eigenvalue weighted by Gasteiger charge is -2.34. The van der Waals surface area contributed by atoms with Gasteiger partial charge < -0.3 is 5.11 Å². The van der Waals surface area contributed by atoms with E-state index in [9.17, 15) is 5.11 Å². The van der Waals surface area contributed by atoms with Gasteiger partial charge in [0, 0.05) is 0 Å². The molecule has 0 aliphatic carbocycles. The normalized spacial score (nSPS) is 13.5. The van der Waals surface area contributed by atoms with Crippen LogP contribution in [0.1, 0.15) is 34.6 Å². The van der Waals surface area contributed by atoms with Crippen LogP contribution in [0.15, 0.2) is 0 Å². The van der Waals surface area contributed by atoms with Crippen LogP contribution in [0.3, 0.4) is 0 Å². The van der Waals surface area contributed by atoms with Crippen LogP contribution in [0, 0.1) is 0 Å². The van der Waals surface area contributed by atoms with Crippen LogP contribution in [0.2, 0.25) is 24.2 Å². The first kappa shape index (κ1) is 12.2. The number of aliphatic hydroxyl groups is 1. The molecule has 0 aliphatic rings. The number of hydrogen-bond acceptors (Lipinski definition) is 1. The third-order valence-corrected chi connectivity index (χ3v) is 9.17. The van der Waals surface area contributed by atoms with E-state index in [0.29, 0.717) is 0 Å². The second-order valence-electron chi connectivity index (χ2n) is 4.55. The third-order valence-electron chi connectivity index (χ3n) is 3.06. The smallest absolute Gasteiger partial charge is 0.0568 e. The first-order chi connectivity index (χ1) is 5.39. The van der Waals surface area contributed by atoms with Crippen LogP contribution >= 0.6 is 0 Å². The van der Waals surface area contributed by atoms with E-state index >= 15 is 0 Å². The molecule has 2 heteroatoms. The van der Waals surface area contributed by atoms with Crippen molar-refractivity contribution in [3.63, 3.8) is 0 Å². The van der Waals surface area contributed by atoms with Gasteiger partial charge in [-0.1, -0.05) is 38.9 Å². The van der Waals surface area contributed by atoms with Crippen molar-refractivity contribution in [2.45, 2.75) is 64.4 Å². The first-order valence-electron chi connectivity index (χ1n) is 5.11. The van der Waals surface area contributed by atoms with E-state index in [1.807, 2.05) is 13.8 Å². The Labute approximate surface area is 78.2 Å². The van der Waals surface area contributed by atoms with Crippen LogP contribution in [-0.4, -0.2) is 18.8 Å². The van der Waals surface area contributed by atoms with Crippen LogP contribution in [-0.2, 0) is 0 Å². The predicted molar refractivity (Wildman–Crippen MR) is 58.3 cm³/mol. The Bertz CT molecular complexity index is 114. The summed E-state index contributed by atoms with van der Waals surface area (Å²) in [6, 6.07) is 4.99. The molecule has 0 heterocycles. The summed E-state index contributed by atoms with van der Waals surface area (Å²) in [6.45, 7) is 10.7. The van der Waals surface area contributed by atoms with Gasteiger partial charge in [0.05, 0.1) is 13.7 Å². The molecule has 0 radical (unpaired) electrons. The molecule has 0 aromatic rings. The van der Waals surface area contributed by atoms with E-state index in [0.717, 1.165) is 6.04 Å². The van der Waals surface area contributed by atoms with Gasteiger partial charge in [0.25, 0.3) is 0 Å². The average molecular weight is 188 g/mol. The summed E-state index contributed by atoms with van der Waals surface area (Å²) in [5.74, 6) is 0. The molecule has 0 saturated carbocycles. The predicted octanol–water partition coefficient (Wildman–Crippen LogP) is 3.27. The topological polar surface area (TPSA) is 20.2 Å². The lowest BCUT2D eigenvalue weighted by Crippen LogP contribution is -2.39. The van der Waals surface area contributed by atoms with Gasteiger partial charge in [-0.25, -0.2) is 0 Å². The Kier molecular flexibility index (Phi) is 4.49. The van der Waals surface area contributed by atoms with Gasteiger partial charge in [-0.15, -0.1) is 0 Å². The average Bonchev–Trinajstić information content (AvgIpc) is 1.99. The van der Waals surface area contributed by atoms with E-state index in [2.05, 4.69) is 20.8 Å². The maximum absolute atomic E-state index is 9.78. The van der Waals surface area contributed by atoms with Crippen LogP contribution in [0.4, 0.5) is 0 Å². The molecule has 12 heavy (non-hydrogen) atoms. The fourth-order valence-electron chi connectivity index (χ4n) is 2.04. The van der Waals surface area contributed by atoms with Crippen molar-refractivity contribution in [3.8, 4) is 0 Å². The second kappa shape index (κ2) is 4.42. The van der Waals surface area contributed by atoms with Crippen LogP contribution in [0.5, 0.6) is 0 Å². The molecule has 0 unspecified atom stereocenters. The molecule has 0 spiro atoms. The third kappa shape index (κ3) is 3.72. The molecule has 1 N–H and O–H groups in total. The van der Waals surface area contributed by atoms with Gasteiger partial charge in [0.2, 0.25) is 0 Å². The first-order valence-corrected chi connectivity index (χ1v) is 7.94. The van der Waals surface area contributed by atoms with E-state index < -0.39 is 13.7 Å². The van der Waals surface area contributed by atoms with Gasteiger partial charge in [0.15, 0.2) is 0 Å². The maximum atomic E-state index is 9.78. The van der Waals surface area contributed by atoms with E-state index in [1.165, 1.54) is 18.1 Å². The van der Waals surface area contributed by atoms with Gasteiger partial charge in [0.1, 0.15) is 0 Å². The summed E-state index contributed by atoms with van der Waals surface area (Å²) in [7, 11) is -1.10. The van der Waals surface area contributed by atoms with Crippen LogP contribution < -0.4 is 0 Å². The lowest BCUT2D eigenvalue weighted by atomic mass is 10.2. The minimum atomic E-state index is -1.10. The molecule has 0 atom stereocenters. The molecule has 0 aromatic heterocycles. The zero-order valence-corrected chi connectivity index (χ0v) is 10.3. The highest BCUT2D eigenvalue weighted by Gasteiger charge is 2.32. The molecule has 0 amide bonds. The molecule has 0 aliphatic heterocycles. The largest absolute Gasteiger partial charge is 0.391 e. The Morgan fingerprint density at radius 2 is 1.33 bits per heavy atom. The number of rotatable bonds is 5. The lowest BCUT2D eigenvalue weighted by molar-refractivity contribution is 0.0994. The van der Waals surface area contributed by atoms with Crippen molar-refractivity contribution in [2.75, 3.05) is 0 Å². The Hall–Kier alpha value is 0.177. The van der Waals surface area contributed by atoms with Crippen molar-refractivity contribution in [1.29, 1.82) is 0 Å². The Balaban J connectivity index is 4.30. The van der Waals surface area contributed by atoms with Gasteiger partial charge in [-0.05, 0) is 19.9 Å². The van der Waals surface area contributed by atoms with Gasteiger partial charge in [-0.3, -0.25) is 0 Å². The fourth-order valence-corrected chi connectivity index (χ4v) is 6.13. The summed E-state index contributed by atoms with van der Waals surface area (Å²) in [4.78, 5) is 0. The zero-order valence-electron chi connectivity index (χ0n) is 9.28.